The predicted molar refractivity (Wildman–Crippen MR) is 82.0 cm³/mol. The van der Waals surface area contributed by atoms with Gasteiger partial charge in [0, 0.05) is 36.7 Å². The molecule has 0 bridgehead atoms. The first-order valence-corrected chi connectivity index (χ1v) is 7.22. The fourth-order valence-corrected chi connectivity index (χ4v) is 2.72. The molecule has 0 amide bonds. The average Bonchev–Trinajstić information content (AvgIpc) is 3.01. The highest BCUT2D eigenvalue weighted by Crippen LogP contribution is 2.25. The summed E-state index contributed by atoms with van der Waals surface area (Å²) in [5.41, 5.74) is 3.91. The molecule has 1 N–H and O–H groups in total. The smallest absolute Gasteiger partial charge is 0.0879 e. The number of aliphatic hydroxyl groups is 1. The third-order valence-corrected chi connectivity index (χ3v) is 4.05. The lowest BCUT2D eigenvalue weighted by Gasteiger charge is -2.08. The van der Waals surface area contributed by atoms with Crippen LogP contribution in [0.5, 0.6) is 0 Å². The predicted octanol–water partition coefficient (Wildman–Crippen LogP) is 2.37. The summed E-state index contributed by atoms with van der Waals surface area (Å²) in [5.74, 6) is 0. The van der Waals surface area contributed by atoms with E-state index in [1.165, 1.54) is 0 Å². The van der Waals surface area contributed by atoms with Crippen LogP contribution in [0.15, 0.2) is 30.5 Å². The molecule has 5 heteroatoms. The lowest BCUT2D eigenvalue weighted by molar-refractivity contribution is 0.176. The summed E-state index contributed by atoms with van der Waals surface area (Å²) < 4.78 is 3.76. The summed E-state index contributed by atoms with van der Waals surface area (Å²) in [7, 11) is 1.88. The van der Waals surface area contributed by atoms with Gasteiger partial charge in [0.1, 0.15) is 0 Å². The van der Waals surface area contributed by atoms with Gasteiger partial charge in [0.2, 0.25) is 0 Å². The van der Waals surface area contributed by atoms with Crippen molar-refractivity contribution in [2.45, 2.75) is 32.9 Å². The molecule has 0 aliphatic carbocycles. The molecule has 0 radical (unpaired) electrons. The highest BCUT2D eigenvalue weighted by atomic mass is 16.3. The Morgan fingerprint density at radius 3 is 2.71 bits per heavy atom. The fourth-order valence-electron chi connectivity index (χ4n) is 2.72. The molecule has 0 spiro atoms. The van der Waals surface area contributed by atoms with Gasteiger partial charge in [-0.15, -0.1) is 0 Å². The van der Waals surface area contributed by atoms with Crippen LogP contribution in [0.3, 0.4) is 0 Å². The number of aliphatic hydroxyl groups excluding tert-OH is 1. The molecule has 2 heterocycles. The van der Waals surface area contributed by atoms with Crippen molar-refractivity contribution >= 4 is 10.9 Å². The van der Waals surface area contributed by atoms with E-state index in [1.807, 2.05) is 30.8 Å². The highest BCUT2D eigenvalue weighted by Gasteiger charge is 2.18. The van der Waals surface area contributed by atoms with Gasteiger partial charge in [-0.1, -0.05) is 18.2 Å². The van der Waals surface area contributed by atoms with Crippen molar-refractivity contribution in [2.24, 2.45) is 7.05 Å². The van der Waals surface area contributed by atoms with Crippen LogP contribution in [-0.4, -0.2) is 24.7 Å². The monoisotopic (exact) mass is 284 g/mol. The molecule has 0 saturated carbocycles. The van der Waals surface area contributed by atoms with Gasteiger partial charge >= 0.3 is 0 Å². The summed E-state index contributed by atoms with van der Waals surface area (Å²) in [6, 6.07) is 8.15. The minimum absolute atomic E-state index is 0.500. The zero-order valence-electron chi connectivity index (χ0n) is 12.6. The average molecular weight is 284 g/mol. The number of aromatic nitrogens is 4. The number of rotatable bonds is 4. The van der Waals surface area contributed by atoms with Crippen LogP contribution in [0.25, 0.3) is 10.9 Å². The zero-order valence-corrected chi connectivity index (χ0v) is 12.6. The minimum Gasteiger partial charge on any atom is -0.388 e. The van der Waals surface area contributed by atoms with Gasteiger partial charge in [-0.25, -0.2) is 0 Å². The van der Waals surface area contributed by atoms with Crippen molar-refractivity contribution in [3.63, 3.8) is 0 Å². The van der Waals surface area contributed by atoms with Crippen LogP contribution in [0.4, 0.5) is 0 Å². The molecule has 1 atom stereocenters. The Morgan fingerprint density at radius 2 is 2.05 bits per heavy atom. The van der Waals surface area contributed by atoms with E-state index in [9.17, 15) is 5.11 Å². The fraction of sp³-hybridized carbons (Fsp3) is 0.375. The van der Waals surface area contributed by atoms with Crippen LogP contribution >= 0.6 is 0 Å². The van der Waals surface area contributed by atoms with Gasteiger partial charge in [-0.3, -0.25) is 9.36 Å². The molecule has 1 aromatic carbocycles. The van der Waals surface area contributed by atoms with Crippen LogP contribution in [0, 0.1) is 6.92 Å². The maximum absolute atomic E-state index is 10.5. The first kappa shape index (κ1) is 13.8. The van der Waals surface area contributed by atoms with E-state index in [-0.39, 0.29) is 0 Å². The summed E-state index contributed by atoms with van der Waals surface area (Å²) >= 11 is 0. The summed E-state index contributed by atoms with van der Waals surface area (Å²) in [6.45, 7) is 4.86. The Bertz CT molecular complexity index is 772. The van der Waals surface area contributed by atoms with E-state index in [1.54, 1.807) is 10.9 Å². The standard InChI is InChI=1S/C16H20N4O/c1-4-20-15-8-6-5-7-12(15)14(18-20)9-16(21)13-10-17-19(3)11(13)2/h5-8,10,16,21H,4,9H2,1-3H3. The normalized spacial score (nSPS) is 13.0. The van der Waals surface area contributed by atoms with E-state index in [0.29, 0.717) is 6.42 Å². The number of hydrogen-bond acceptors (Lipinski definition) is 3. The van der Waals surface area contributed by atoms with Crippen molar-refractivity contribution in [2.75, 3.05) is 0 Å². The molecular weight excluding hydrogens is 264 g/mol. The van der Waals surface area contributed by atoms with E-state index in [2.05, 4.69) is 29.3 Å². The second kappa shape index (κ2) is 5.33. The van der Waals surface area contributed by atoms with Crippen molar-refractivity contribution in [1.82, 2.24) is 19.6 Å². The third kappa shape index (κ3) is 2.34. The molecule has 21 heavy (non-hydrogen) atoms. The lowest BCUT2D eigenvalue weighted by atomic mass is 10.0. The highest BCUT2D eigenvalue weighted by molar-refractivity contribution is 5.82. The number of para-hydroxylation sites is 1. The van der Waals surface area contributed by atoms with E-state index >= 15 is 0 Å². The van der Waals surface area contributed by atoms with Crippen LogP contribution in [0.2, 0.25) is 0 Å². The molecule has 0 fully saturated rings. The van der Waals surface area contributed by atoms with E-state index in [0.717, 1.165) is 34.4 Å². The molecule has 2 aromatic heterocycles. The zero-order chi connectivity index (χ0) is 15.0. The molecule has 1 unspecified atom stereocenters. The summed E-state index contributed by atoms with van der Waals surface area (Å²) in [6.07, 6.45) is 1.65. The second-order valence-corrected chi connectivity index (χ2v) is 5.31. The molecule has 0 saturated heterocycles. The maximum Gasteiger partial charge on any atom is 0.0879 e. The number of hydrogen-bond donors (Lipinski definition) is 1. The van der Waals surface area contributed by atoms with Crippen LogP contribution < -0.4 is 0 Å². The molecule has 3 aromatic rings. The lowest BCUT2D eigenvalue weighted by Crippen LogP contribution is -2.05. The van der Waals surface area contributed by atoms with Gasteiger partial charge in [-0.05, 0) is 19.9 Å². The number of fused-ring (bicyclic) bond motifs is 1. The Labute approximate surface area is 123 Å². The summed E-state index contributed by atoms with van der Waals surface area (Å²) in [4.78, 5) is 0. The minimum atomic E-state index is -0.581. The maximum atomic E-state index is 10.5. The SMILES string of the molecule is CCn1nc(CC(O)c2cnn(C)c2C)c2ccccc21. The topological polar surface area (TPSA) is 55.9 Å². The van der Waals surface area contributed by atoms with Gasteiger partial charge in [0.25, 0.3) is 0 Å². The van der Waals surface area contributed by atoms with Crippen LogP contribution in [0.1, 0.15) is 30.0 Å². The second-order valence-electron chi connectivity index (χ2n) is 5.31. The quantitative estimate of drug-likeness (QED) is 0.800. The third-order valence-electron chi connectivity index (χ3n) is 4.05. The molecule has 0 aliphatic heterocycles. The number of nitrogens with zero attached hydrogens (tertiary/aromatic N) is 4. The molecule has 3 rings (SSSR count). The molecule has 110 valence electrons. The van der Waals surface area contributed by atoms with E-state index < -0.39 is 6.10 Å². The summed E-state index contributed by atoms with van der Waals surface area (Å²) in [5, 5.41) is 20.5. The number of aryl methyl sites for hydroxylation is 2. The van der Waals surface area contributed by atoms with Crippen molar-refractivity contribution in [3.8, 4) is 0 Å². The number of benzene rings is 1. The van der Waals surface area contributed by atoms with Gasteiger partial charge in [0.15, 0.2) is 0 Å². The largest absolute Gasteiger partial charge is 0.388 e. The van der Waals surface area contributed by atoms with Crippen LogP contribution in [-0.2, 0) is 20.0 Å². The first-order valence-electron chi connectivity index (χ1n) is 7.22. The van der Waals surface area contributed by atoms with Crippen molar-refractivity contribution in [3.05, 3.63) is 47.4 Å². The Hall–Kier alpha value is -2.14. The van der Waals surface area contributed by atoms with Gasteiger partial charge < -0.3 is 5.11 Å². The molecule has 0 aliphatic rings. The molecular formula is C16H20N4O. The van der Waals surface area contributed by atoms with Gasteiger partial charge in [-0.2, -0.15) is 10.2 Å². The Kier molecular flexibility index (Phi) is 3.51. The Balaban J connectivity index is 1.96. The van der Waals surface area contributed by atoms with Gasteiger partial charge in [0.05, 0.1) is 23.5 Å². The van der Waals surface area contributed by atoms with Crippen molar-refractivity contribution < 1.29 is 5.11 Å². The first-order chi connectivity index (χ1) is 10.1. The Morgan fingerprint density at radius 1 is 1.29 bits per heavy atom. The van der Waals surface area contributed by atoms with E-state index in [4.69, 9.17) is 0 Å². The van der Waals surface area contributed by atoms with Crippen molar-refractivity contribution in [1.29, 1.82) is 0 Å². The molecule has 5 nitrogen and oxygen atoms in total.